The topological polar surface area (TPSA) is 68.4 Å². The maximum Gasteiger partial charge on any atom is 0.124 e. The molecule has 0 amide bonds. The van der Waals surface area contributed by atoms with Crippen LogP contribution in [-0.2, 0) is 0 Å². The minimum absolute atomic E-state index is 0.272. The average Bonchev–Trinajstić information content (AvgIpc) is 2.74. The lowest BCUT2D eigenvalue weighted by atomic mass is 10.2. The van der Waals surface area contributed by atoms with Crippen LogP contribution >= 0.6 is 0 Å². The van der Waals surface area contributed by atoms with Crippen LogP contribution in [0.25, 0.3) is 0 Å². The molecule has 0 fully saturated rings. The molecule has 0 aromatic heterocycles. The van der Waals surface area contributed by atoms with Crippen molar-refractivity contribution in [1.29, 1.82) is 0 Å². The molecule has 0 aliphatic heterocycles. The van der Waals surface area contributed by atoms with Crippen molar-refractivity contribution in [2.24, 2.45) is 9.98 Å². The molecule has 0 heterocycles. The molecule has 0 bridgehead atoms. The van der Waals surface area contributed by atoms with E-state index in [1.54, 1.807) is 24.6 Å². The van der Waals surface area contributed by atoms with E-state index >= 15 is 0 Å². The second-order valence-electron chi connectivity index (χ2n) is 9.40. The van der Waals surface area contributed by atoms with E-state index in [9.17, 15) is 10.2 Å². The Balaban J connectivity index is 1.77. The van der Waals surface area contributed by atoms with E-state index in [0.29, 0.717) is 0 Å². The third-order valence-electron chi connectivity index (χ3n) is 5.26. The zero-order valence-electron chi connectivity index (χ0n) is 19.9. The molecule has 5 nitrogen and oxygen atoms in total. The quantitative estimate of drug-likeness (QED) is 0.227. The maximum atomic E-state index is 9.83. The Morgan fingerprint density at radius 2 is 1.16 bits per heavy atom. The third-order valence-corrected chi connectivity index (χ3v) is 7.11. The molecule has 2 aromatic carbocycles. The van der Waals surface area contributed by atoms with Gasteiger partial charge in [-0.15, -0.1) is 0 Å². The predicted molar refractivity (Wildman–Crippen MR) is 140 cm³/mol. The molecule has 2 N–H and O–H groups in total. The number of benzene rings is 2. The molecular weight excluding hydrogens is 414 g/mol. The highest BCUT2D eigenvalue weighted by Crippen LogP contribution is 2.14. The smallest absolute Gasteiger partial charge is 0.124 e. The summed E-state index contributed by atoms with van der Waals surface area (Å²) in [5.41, 5.74) is 1.53. The summed E-state index contributed by atoms with van der Waals surface area (Å²) >= 11 is 0. The maximum absolute atomic E-state index is 9.83. The van der Waals surface area contributed by atoms with Gasteiger partial charge in [-0.25, -0.2) is 0 Å². The van der Waals surface area contributed by atoms with Gasteiger partial charge in [0.1, 0.15) is 11.5 Å². The summed E-state index contributed by atoms with van der Waals surface area (Å²) in [4.78, 5) is 11.5. The van der Waals surface area contributed by atoms with Crippen LogP contribution in [0.3, 0.4) is 0 Å². The Hall–Kier alpha value is -2.44. The zero-order valence-corrected chi connectivity index (χ0v) is 20.9. The van der Waals surface area contributed by atoms with Crippen LogP contribution in [0.15, 0.2) is 58.5 Å². The van der Waals surface area contributed by atoms with Gasteiger partial charge < -0.3 is 15.1 Å². The number of nitrogens with zero attached hydrogens (tertiary/aromatic N) is 3. The fourth-order valence-corrected chi connectivity index (χ4v) is 4.68. The Kier molecular flexibility index (Phi) is 11.2. The molecule has 0 atom stereocenters. The second-order valence-corrected chi connectivity index (χ2v) is 15.0. The molecule has 0 aliphatic carbocycles. The van der Waals surface area contributed by atoms with Crippen LogP contribution in [-0.4, -0.2) is 68.3 Å². The number of aromatic hydroxyl groups is 2. The first kappa shape index (κ1) is 25.8. The van der Waals surface area contributed by atoms with Gasteiger partial charge in [-0.05, 0) is 63.2 Å². The normalized spacial score (nSPS) is 12.4. The van der Waals surface area contributed by atoms with E-state index < -0.39 is 8.07 Å². The highest BCUT2D eigenvalue weighted by atomic mass is 28.3. The molecule has 0 aliphatic rings. The number of rotatable bonds is 14. The van der Waals surface area contributed by atoms with Crippen molar-refractivity contribution in [2.45, 2.75) is 44.9 Å². The molecule has 0 saturated carbocycles. The number of phenolic OH excluding ortho intramolecular Hbond substituents is 2. The van der Waals surface area contributed by atoms with E-state index in [1.165, 1.54) is 12.5 Å². The van der Waals surface area contributed by atoms with Crippen LogP contribution in [0.1, 0.15) is 30.4 Å². The van der Waals surface area contributed by atoms with Gasteiger partial charge in [0.05, 0.1) is 0 Å². The first-order valence-electron chi connectivity index (χ1n) is 11.6. The monoisotopic (exact) mass is 453 g/mol. The molecule has 174 valence electrons. The lowest BCUT2D eigenvalue weighted by molar-refractivity contribution is 0.270. The Morgan fingerprint density at radius 1 is 0.719 bits per heavy atom. The molecule has 0 saturated heterocycles. The Morgan fingerprint density at radius 3 is 1.59 bits per heavy atom. The molecular formula is C26H39N3O2Si. The summed E-state index contributed by atoms with van der Waals surface area (Å²) < 4.78 is 0. The highest BCUT2D eigenvalue weighted by molar-refractivity contribution is 6.76. The number of hydrogen-bond acceptors (Lipinski definition) is 5. The third kappa shape index (κ3) is 10.7. The van der Waals surface area contributed by atoms with Gasteiger partial charge in [-0.3, -0.25) is 9.98 Å². The van der Waals surface area contributed by atoms with Gasteiger partial charge in [0.2, 0.25) is 0 Å². The van der Waals surface area contributed by atoms with E-state index in [1.807, 2.05) is 36.4 Å². The summed E-state index contributed by atoms with van der Waals surface area (Å²) in [6, 6.07) is 15.9. The molecule has 2 aromatic rings. The van der Waals surface area contributed by atoms with Crippen molar-refractivity contribution in [2.75, 3.05) is 32.7 Å². The number of phenols is 2. The molecule has 32 heavy (non-hydrogen) atoms. The minimum atomic E-state index is -1.02. The van der Waals surface area contributed by atoms with Crippen molar-refractivity contribution in [3.8, 4) is 11.5 Å². The van der Waals surface area contributed by atoms with Crippen molar-refractivity contribution in [1.82, 2.24) is 4.90 Å². The minimum Gasteiger partial charge on any atom is -0.507 e. The van der Waals surface area contributed by atoms with Crippen LogP contribution in [0.5, 0.6) is 11.5 Å². The summed E-state index contributed by atoms with van der Waals surface area (Å²) in [6.07, 6.45) is 6.77. The average molecular weight is 454 g/mol. The van der Waals surface area contributed by atoms with E-state index in [-0.39, 0.29) is 11.5 Å². The first-order valence-corrected chi connectivity index (χ1v) is 15.3. The van der Waals surface area contributed by atoms with Gasteiger partial charge in [-0.1, -0.05) is 50.0 Å². The zero-order chi connectivity index (χ0) is 23.2. The fraction of sp³-hybridized carbons (Fsp3) is 0.462. The molecule has 2 rings (SSSR count). The van der Waals surface area contributed by atoms with E-state index in [0.717, 1.165) is 56.7 Å². The van der Waals surface area contributed by atoms with Crippen LogP contribution in [0.2, 0.25) is 25.7 Å². The van der Waals surface area contributed by atoms with Crippen molar-refractivity contribution in [3.05, 3.63) is 59.7 Å². The van der Waals surface area contributed by atoms with Crippen LogP contribution < -0.4 is 0 Å². The van der Waals surface area contributed by atoms with Crippen molar-refractivity contribution >= 4 is 20.5 Å². The van der Waals surface area contributed by atoms with E-state index in [4.69, 9.17) is 0 Å². The molecule has 6 heteroatoms. The van der Waals surface area contributed by atoms with Gasteiger partial charge in [0, 0.05) is 44.7 Å². The summed E-state index contributed by atoms with van der Waals surface area (Å²) in [7, 11) is -1.02. The lowest BCUT2D eigenvalue weighted by Crippen LogP contribution is -2.30. The summed E-state index contributed by atoms with van der Waals surface area (Å²) in [5, 5.41) is 19.7. The van der Waals surface area contributed by atoms with Crippen LogP contribution in [0.4, 0.5) is 0 Å². The number of para-hydroxylation sites is 2. The highest BCUT2D eigenvalue weighted by Gasteiger charge is 2.13. The fourth-order valence-electron chi connectivity index (χ4n) is 3.46. The summed E-state index contributed by atoms with van der Waals surface area (Å²) in [6.45, 7) is 12.0. The molecule has 0 unspecified atom stereocenters. The largest absolute Gasteiger partial charge is 0.507 e. The Labute approximate surface area is 194 Å². The predicted octanol–water partition coefficient (Wildman–Crippen LogP) is 5.45. The molecule has 0 radical (unpaired) electrons. The second kappa shape index (κ2) is 13.9. The van der Waals surface area contributed by atoms with Crippen molar-refractivity contribution in [3.63, 3.8) is 0 Å². The van der Waals surface area contributed by atoms with E-state index in [2.05, 4.69) is 34.5 Å². The number of hydrogen-bond donors (Lipinski definition) is 2. The van der Waals surface area contributed by atoms with Gasteiger partial charge in [0.25, 0.3) is 0 Å². The summed E-state index contributed by atoms with van der Waals surface area (Å²) in [5.74, 6) is 0.544. The molecule has 0 spiro atoms. The standard InChI is InChI=1S/C26H39N3O2Si/c1-32(2,3)20-10-19-29(17-8-15-27-21-23-11-4-6-13-25(23)30)18-9-16-28-22-24-12-5-7-14-26(24)31/h4-7,11-14,21-22,30-31H,8-10,15-20H2,1-3H3. The Bertz CT molecular complexity index is 801. The van der Waals surface area contributed by atoms with Crippen LogP contribution in [0, 0.1) is 0 Å². The van der Waals surface area contributed by atoms with Crippen molar-refractivity contribution < 1.29 is 10.2 Å². The lowest BCUT2D eigenvalue weighted by Gasteiger charge is -2.24. The van der Waals surface area contributed by atoms with Gasteiger partial charge in [0.15, 0.2) is 0 Å². The first-order chi connectivity index (χ1) is 15.3. The SMILES string of the molecule is C[Si](C)(C)CCCN(CCCN=Cc1ccccc1O)CCCN=Cc1ccccc1O. The van der Waals surface area contributed by atoms with Gasteiger partial charge in [-0.2, -0.15) is 0 Å². The number of aliphatic imine (C=N–C) groups is 2. The van der Waals surface area contributed by atoms with Gasteiger partial charge >= 0.3 is 0 Å².